The summed E-state index contributed by atoms with van der Waals surface area (Å²) < 4.78 is 34.6. The molecule has 118 valence electrons. The first-order chi connectivity index (χ1) is 9.79. The number of hydrogen-bond donors (Lipinski definition) is 0. The fraction of sp³-hybridized carbons (Fsp3) is 0.600. The topological polar surface area (TPSA) is 52.6 Å². The molecule has 21 heavy (non-hydrogen) atoms. The van der Waals surface area contributed by atoms with Gasteiger partial charge in [0.25, 0.3) is 9.05 Å². The van der Waals surface area contributed by atoms with Gasteiger partial charge in [-0.1, -0.05) is 13.8 Å². The first kappa shape index (κ1) is 16.6. The van der Waals surface area contributed by atoms with Crippen LogP contribution in [-0.2, 0) is 13.8 Å². The normalized spacial score (nSPS) is 19.2. The maximum atomic E-state index is 11.7. The molecule has 0 radical (unpaired) electrons. The minimum absolute atomic E-state index is 0.0475. The summed E-state index contributed by atoms with van der Waals surface area (Å²) in [6.07, 6.45) is 1.00. The van der Waals surface area contributed by atoms with Crippen LogP contribution in [0.2, 0.25) is 0 Å². The maximum absolute atomic E-state index is 11.7. The highest BCUT2D eigenvalue weighted by atomic mass is 35.7. The van der Waals surface area contributed by atoms with E-state index in [1.807, 2.05) is 20.8 Å². The van der Waals surface area contributed by atoms with Crippen LogP contribution in [0.4, 0.5) is 0 Å². The zero-order chi connectivity index (χ0) is 15.6. The highest BCUT2D eigenvalue weighted by molar-refractivity contribution is 8.13. The molecule has 0 spiro atoms. The Kier molecular flexibility index (Phi) is 5.17. The summed E-state index contributed by atoms with van der Waals surface area (Å²) in [6, 6.07) is 3.39. The van der Waals surface area contributed by atoms with E-state index >= 15 is 0 Å². The molecule has 1 aliphatic heterocycles. The van der Waals surface area contributed by atoms with Crippen molar-refractivity contribution in [3.05, 3.63) is 23.3 Å². The number of aryl methyl sites for hydroxylation is 1. The lowest BCUT2D eigenvalue weighted by molar-refractivity contribution is 0.167. The Labute approximate surface area is 130 Å². The van der Waals surface area contributed by atoms with E-state index in [2.05, 4.69) is 0 Å². The van der Waals surface area contributed by atoms with Crippen LogP contribution in [0.5, 0.6) is 5.75 Å². The van der Waals surface area contributed by atoms with Gasteiger partial charge in [0.05, 0.1) is 18.1 Å². The Balaban J connectivity index is 2.28. The lowest BCUT2D eigenvalue weighted by atomic mass is 10.0. The predicted molar refractivity (Wildman–Crippen MR) is 82.7 cm³/mol. The fourth-order valence-corrected chi connectivity index (χ4v) is 3.71. The van der Waals surface area contributed by atoms with Crippen molar-refractivity contribution < 1.29 is 17.9 Å². The van der Waals surface area contributed by atoms with Crippen LogP contribution in [0.15, 0.2) is 17.0 Å². The molecule has 1 fully saturated rings. The lowest BCUT2D eigenvalue weighted by Crippen LogP contribution is -2.13. The summed E-state index contributed by atoms with van der Waals surface area (Å²) in [5.74, 6) is 1.17. The van der Waals surface area contributed by atoms with E-state index in [-0.39, 0.29) is 10.8 Å². The van der Waals surface area contributed by atoms with E-state index in [0.29, 0.717) is 18.1 Å². The minimum Gasteiger partial charge on any atom is -0.493 e. The molecule has 0 saturated carbocycles. The summed E-state index contributed by atoms with van der Waals surface area (Å²) in [6.45, 7) is 7.80. The summed E-state index contributed by atoms with van der Waals surface area (Å²) in [5.41, 5.74) is 1.46. The molecule has 0 N–H and O–H groups in total. The van der Waals surface area contributed by atoms with Crippen molar-refractivity contribution in [3.63, 3.8) is 0 Å². The molecule has 1 heterocycles. The van der Waals surface area contributed by atoms with Crippen LogP contribution >= 0.6 is 10.7 Å². The van der Waals surface area contributed by atoms with Crippen LogP contribution in [0.3, 0.4) is 0 Å². The van der Waals surface area contributed by atoms with Crippen molar-refractivity contribution in [2.75, 3.05) is 19.8 Å². The Hall–Kier alpha value is -0.780. The molecule has 4 nitrogen and oxygen atoms in total. The van der Waals surface area contributed by atoms with Gasteiger partial charge in [-0.05, 0) is 42.5 Å². The molecule has 0 aromatic heterocycles. The summed E-state index contributed by atoms with van der Waals surface area (Å²) in [4.78, 5) is 0.174. The second-order valence-corrected chi connectivity index (χ2v) is 8.32. The Morgan fingerprint density at radius 2 is 2.14 bits per heavy atom. The number of rotatable bonds is 5. The molecule has 1 saturated heterocycles. The van der Waals surface area contributed by atoms with Crippen molar-refractivity contribution >= 4 is 19.7 Å². The maximum Gasteiger partial charge on any atom is 0.261 e. The molecule has 6 heteroatoms. The fourth-order valence-electron chi connectivity index (χ4n) is 2.42. The second kappa shape index (κ2) is 6.55. The van der Waals surface area contributed by atoms with Gasteiger partial charge >= 0.3 is 0 Å². The van der Waals surface area contributed by atoms with E-state index < -0.39 is 9.05 Å². The van der Waals surface area contributed by atoms with E-state index in [1.54, 1.807) is 12.1 Å². The van der Waals surface area contributed by atoms with Gasteiger partial charge in [0.15, 0.2) is 0 Å². The predicted octanol–water partition coefficient (Wildman–Crippen LogP) is 3.46. The van der Waals surface area contributed by atoms with Crippen LogP contribution < -0.4 is 4.74 Å². The number of ether oxygens (including phenoxy) is 2. The highest BCUT2D eigenvalue weighted by Gasteiger charge is 2.21. The third-order valence-corrected chi connectivity index (χ3v) is 5.07. The third kappa shape index (κ3) is 4.11. The van der Waals surface area contributed by atoms with E-state index in [9.17, 15) is 8.42 Å². The largest absolute Gasteiger partial charge is 0.493 e. The van der Waals surface area contributed by atoms with Gasteiger partial charge in [0.1, 0.15) is 5.75 Å². The first-order valence-corrected chi connectivity index (χ1v) is 9.39. The van der Waals surface area contributed by atoms with E-state index in [4.69, 9.17) is 20.2 Å². The summed E-state index contributed by atoms with van der Waals surface area (Å²) in [5, 5.41) is 0. The second-order valence-electron chi connectivity index (χ2n) is 5.79. The summed E-state index contributed by atoms with van der Waals surface area (Å²) >= 11 is 0. The van der Waals surface area contributed by atoms with Crippen molar-refractivity contribution in [2.45, 2.75) is 38.0 Å². The molecule has 1 aromatic rings. The van der Waals surface area contributed by atoms with Gasteiger partial charge in [0.2, 0.25) is 0 Å². The molecule has 1 aromatic carbocycles. The number of benzene rings is 1. The van der Waals surface area contributed by atoms with Crippen molar-refractivity contribution in [2.24, 2.45) is 5.92 Å². The smallest absolute Gasteiger partial charge is 0.261 e. The van der Waals surface area contributed by atoms with Crippen LogP contribution in [0.25, 0.3) is 0 Å². The third-order valence-electron chi connectivity index (χ3n) is 3.69. The van der Waals surface area contributed by atoms with Crippen molar-refractivity contribution in [1.29, 1.82) is 0 Å². The average Bonchev–Trinajstić information content (AvgIpc) is 2.88. The molecule has 1 unspecified atom stereocenters. The molecule has 1 aliphatic rings. The van der Waals surface area contributed by atoms with Crippen LogP contribution in [0.1, 0.15) is 37.3 Å². The lowest BCUT2D eigenvalue weighted by Gasteiger charge is -2.17. The molecular formula is C15H21ClO4S. The minimum atomic E-state index is -3.75. The zero-order valence-electron chi connectivity index (χ0n) is 12.6. The summed E-state index contributed by atoms with van der Waals surface area (Å²) in [7, 11) is 1.78. The van der Waals surface area contributed by atoms with E-state index in [1.165, 1.54) is 0 Å². The zero-order valence-corrected chi connectivity index (χ0v) is 14.1. The van der Waals surface area contributed by atoms with Crippen molar-refractivity contribution in [1.82, 2.24) is 0 Å². The molecule has 1 atom stereocenters. The monoisotopic (exact) mass is 332 g/mol. The number of halogens is 1. The molecule has 0 aliphatic carbocycles. The average molecular weight is 333 g/mol. The Bertz CT molecular complexity index is 604. The number of hydrogen-bond acceptors (Lipinski definition) is 4. The Morgan fingerprint density at radius 1 is 1.43 bits per heavy atom. The van der Waals surface area contributed by atoms with Gasteiger partial charge in [-0.2, -0.15) is 0 Å². The van der Waals surface area contributed by atoms with Crippen LogP contribution in [0, 0.1) is 12.8 Å². The van der Waals surface area contributed by atoms with Crippen molar-refractivity contribution in [3.8, 4) is 5.75 Å². The van der Waals surface area contributed by atoms with E-state index in [0.717, 1.165) is 30.9 Å². The Morgan fingerprint density at radius 3 is 2.67 bits per heavy atom. The molecule has 0 amide bonds. The van der Waals surface area contributed by atoms with Gasteiger partial charge in [-0.15, -0.1) is 0 Å². The van der Waals surface area contributed by atoms with Crippen LogP contribution in [-0.4, -0.2) is 28.2 Å². The van der Waals surface area contributed by atoms with Gasteiger partial charge in [-0.25, -0.2) is 8.42 Å². The highest BCUT2D eigenvalue weighted by Crippen LogP contribution is 2.33. The molecular weight excluding hydrogens is 312 g/mol. The SMILES string of the molecule is Cc1cc(S(=O)(=O)Cl)c(C(C)C)cc1OCC1CCOC1. The van der Waals surface area contributed by atoms with Gasteiger partial charge in [0, 0.05) is 23.2 Å². The van der Waals surface area contributed by atoms with Gasteiger partial charge in [-0.3, -0.25) is 0 Å². The standard InChI is InChI=1S/C15H21ClO4S/c1-10(2)13-7-14(20-9-12-4-5-19-8-12)11(3)6-15(13)21(16,17)18/h6-7,10,12H,4-5,8-9H2,1-3H3. The molecule has 0 bridgehead atoms. The van der Waals surface area contributed by atoms with Gasteiger partial charge < -0.3 is 9.47 Å². The first-order valence-electron chi connectivity index (χ1n) is 7.08. The molecule has 2 rings (SSSR count). The quantitative estimate of drug-likeness (QED) is 0.775.